The first-order valence-corrected chi connectivity index (χ1v) is 11.6. The van der Waals surface area contributed by atoms with Gasteiger partial charge in [0.25, 0.3) is 11.5 Å². The van der Waals surface area contributed by atoms with Crippen molar-refractivity contribution in [2.24, 2.45) is 7.05 Å². The first-order valence-electron chi connectivity index (χ1n) is 10.6. The van der Waals surface area contributed by atoms with Crippen LogP contribution < -0.4 is 16.2 Å². The molecule has 0 fully saturated rings. The molecule has 0 radical (unpaired) electrons. The van der Waals surface area contributed by atoms with Gasteiger partial charge in [-0.15, -0.1) is 11.8 Å². The largest absolute Gasteiger partial charge is 0.385 e. The number of hydrogen-bond donors (Lipinski definition) is 2. The molecular formula is C24H28N4O4S. The molecule has 0 unspecified atom stereocenters. The maximum Gasteiger partial charge on any atom is 0.295 e. The van der Waals surface area contributed by atoms with E-state index in [0.717, 1.165) is 6.42 Å². The van der Waals surface area contributed by atoms with Crippen molar-refractivity contribution in [2.75, 3.05) is 31.3 Å². The van der Waals surface area contributed by atoms with Crippen LogP contribution in [-0.2, 0) is 16.6 Å². The molecule has 1 heterocycles. The molecule has 3 rings (SSSR count). The third-order valence-corrected chi connectivity index (χ3v) is 6.19. The summed E-state index contributed by atoms with van der Waals surface area (Å²) >= 11 is 1.25. The van der Waals surface area contributed by atoms with Gasteiger partial charge in [0.05, 0.1) is 22.7 Å². The molecule has 174 valence electrons. The Bertz CT molecular complexity index is 1170. The van der Waals surface area contributed by atoms with Crippen LogP contribution in [0.1, 0.15) is 22.5 Å². The summed E-state index contributed by atoms with van der Waals surface area (Å²) in [6.07, 6.45) is 0.719. The summed E-state index contributed by atoms with van der Waals surface area (Å²) < 4.78 is 8.22. The number of nitrogens with one attached hydrogen (secondary N) is 2. The number of methoxy groups -OCH3 is 1. The van der Waals surface area contributed by atoms with Crippen LogP contribution in [0.5, 0.6) is 0 Å². The molecular weight excluding hydrogens is 440 g/mol. The first-order chi connectivity index (χ1) is 15.9. The highest BCUT2D eigenvalue weighted by Crippen LogP contribution is 2.23. The van der Waals surface area contributed by atoms with Crippen LogP contribution in [0.15, 0.2) is 64.3 Å². The molecule has 2 amide bonds. The Morgan fingerprint density at radius 1 is 1.06 bits per heavy atom. The van der Waals surface area contributed by atoms with Crippen molar-refractivity contribution in [3.8, 4) is 5.69 Å². The summed E-state index contributed by atoms with van der Waals surface area (Å²) in [4.78, 5) is 38.9. The topological polar surface area (TPSA) is 94.4 Å². The van der Waals surface area contributed by atoms with Crippen molar-refractivity contribution in [1.82, 2.24) is 14.7 Å². The minimum Gasteiger partial charge on any atom is -0.385 e. The second-order valence-electron chi connectivity index (χ2n) is 7.37. The molecule has 8 nitrogen and oxygen atoms in total. The number of rotatable bonds is 10. The quantitative estimate of drug-likeness (QED) is 0.352. The lowest BCUT2D eigenvalue weighted by Crippen LogP contribution is -2.26. The standard InChI is InChI=1S/C24H28N4O4S/c1-17-22(24(31)28(27(17)2)18-10-5-4-6-11-18)26-21(29)16-33-20-13-8-7-12-19(20)23(30)25-14-9-15-32-3/h4-8,10-13H,9,14-16H2,1-3H3,(H,25,30)(H,26,29). The number of carbonyl (C=O) groups excluding carboxylic acids is 2. The Morgan fingerprint density at radius 2 is 1.76 bits per heavy atom. The van der Waals surface area contributed by atoms with Gasteiger partial charge in [0.1, 0.15) is 5.69 Å². The highest BCUT2D eigenvalue weighted by molar-refractivity contribution is 8.00. The number of ether oxygens (including phenoxy) is 1. The molecule has 0 spiro atoms. The summed E-state index contributed by atoms with van der Waals surface area (Å²) in [6, 6.07) is 16.4. The van der Waals surface area contributed by atoms with Crippen molar-refractivity contribution in [3.63, 3.8) is 0 Å². The monoisotopic (exact) mass is 468 g/mol. The van der Waals surface area contributed by atoms with Gasteiger partial charge in [-0.25, -0.2) is 4.68 Å². The van der Waals surface area contributed by atoms with Crippen molar-refractivity contribution < 1.29 is 14.3 Å². The van der Waals surface area contributed by atoms with E-state index in [-0.39, 0.29) is 28.8 Å². The number of para-hydroxylation sites is 1. The van der Waals surface area contributed by atoms with E-state index in [1.807, 2.05) is 36.4 Å². The Balaban J connectivity index is 1.68. The van der Waals surface area contributed by atoms with Crippen molar-refractivity contribution in [1.29, 1.82) is 0 Å². The number of amides is 2. The van der Waals surface area contributed by atoms with Gasteiger partial charge < -0.3 is 15.4 Å². The van der Waals surface area contributed by atoms with E-state index in [2.05, 4.69) is 10.6 Å². The Kier molecular flexibility index (Phi) is 8.51. The maximum atomic E-state index is 13.0. The second kappa shape index (κ2) is 11.5. The zero-order valence-electron chi connectivity index (χ0n) is 19.0. The lowest BCUT2D eigenvalue weighted by atomic mass is 10.2. The predicted molar refractivity (Wildman–Crippen MR) is 130 cm³/mol. The second-order valence-corrected chi connectivity index (χ2v) is 8.39. The molecule has 3 aromatic rings. The number of benzene rings is 2. The van der Waals surface area contributed by atoms with Gasteiger partial charge in [-0.05, 0) is 37.6 Å². The van der Waals surface area contributed by atoms with Gasteiger partial charge in [-0.3, -0.25) is 19.1 Å². The zero-order chi connectivity index (χ0) is 23.8. The van der Waals surface area contributed by atoms with Gasteiger partial charge in [-0.1, -0.05) is 30.3 Å². The van der Waals surface area contributed by atoms with E-state index in [4.69, 9.17) is 4.74 Å². The fraction of sp³-hybridized carbons (Fsp3) is 0.292. The highest BCUT2D eigenvalue weighted by Gasteiger charge is 2.19. The van der Waals surface area contributed by atoms with Crippen molar-refractivity contribution in [2.45, 2.75) is 18.2 Å². The summed E-state index contributed by atoms with van der Waals surface area (Å²) in [6.45, 7) is 2.86. The summed E-state index contributed by atoms with van der Waals surface area (Å²) in [7, 11) is 3.39. The van der Waals surface area contributed by atoms with Crippen LogP contribution in [0.3, 0.4) is 0 Å². The SMILES string of the molecule is COCCCNC(=O)c1ccccc1SCC(=O)Nc1c(C)n(C)n(-c2ccccc2)c1=O. The van der Waals surface area contributed by atoms with Gasteiger partial charge in [0, 0.05) is 32.2 Å². The van der Waals surface area contributed by atoms with Gasteiger partial charge in [0.15, 0.2) is 0 Å². The molecule has 0 atom stereocenters. The molecule has 0 aliphatic rings. The fourth-order valence-electron chi connectivity index (χ4n) is 3.32. The molecule has 2 N–H and O–H groups in total. The van der Waals surface area contributed by atoms with Crippen LogP contribution in [0, 0.1) is 6.92 Å². The Hall–Kier alpha value is -3.30. The number of anilines is 1. The Morgan fingerprint density at radius 3 is 2.48 bits per heavy atom. The fourth-order valence-corrected chi connectivity index (χ4v) is 4.17. The van der Waals surface area contributed by atoms with Crippen LogP contribution in [0.25, 0.3) is 5.69 Å². The van der Waals surface area contributed by atoms with E-state index in [1.54, 1.807) is 44.0 Å². The van der Waals surface area contributed by atoms with Crippen LogP contribution >= 0.6 is 11.8 Å². The number of hydrogen-bond acceptors (Lipinski definition) is 5. The van der Waals surface area contributed by atoms with E-state index in [0.29, 0.717) is 35.0 Å². The number of aromatic nitrogens is 2. The van der Waals surface area contributed by atoms with E-state index in [1.165, 1.54) is 16.4 Å². The van der Waals surface area contributed by atoms with Crippen LogP contribution in [-0.4, -0.2) is 47.2 Å². The summed E-state index contributed by atoms with van der Waals surface area (Å²) in [5.74, 6) is -0.451. The normalized spacial score (nSPS) is 10.8. The van der Waals surface area contributed by atoms with Crippen molar-refractivity contribution in [3.05, 3.63) is 76.2 Å². The number of thioether (sulfide) groups is 1. The molecule has 33 heavy (non-hydrogen) atoms. The lowest BCUT2D eigenvalue weighted by Gasteiger charge is -2.10. The molecule has 0 aliphatic heterocycles. The van der Waals surface area contributed by atoms with Gasteiger partial charge in [0.2, 0.25) is 5.91 Å². The van der Waals surface area contributed by atoms with Crippen LogP contribution in [0.2, 0.25) is 0 Å². The van der Waals surface area contributed by atoms with E-state index in [9.17, 15) is 14.4 Å². The maximum absolute atomic E-state index is 13.0. The highest BCUT2D eigenvalue weighted by atomic mass is 32.2. The Labute approximate surface area is 196 Å². The molecule has 0 saturated carbocycles. The third kappa shape index (κ3) is 5.94. The molecule has 0 bridgehead atoms. The average molecular weight is 469 g/mol. The number of nitrogens with zero attached hydrogens (tertiary/aromatic N) is 2. The van der Waals surface area contributed by atoms with E-state index >= 15 is 0 Å². The number of carbonyl (C=O) groups is 2. The van der Waals surface area contributed by atoms with Gasteiger partial charge >= 0.3 is 0 Å². The molecule has 0 aliphatic carbocycles. The van der Waals surface area contributed by atoms with Gasteiger partial charge in [-0.2, -0.15) is 0 Å². The molecule has 1 aromatic heterocycles. The average Bonchev–Trinajstić information content (AvgIpc) is 3.04. The third-order valence-electron chi connectivity index (χ3n) is 5.12. The molecule has 0 saturated heterocycles. The summed E-state index contributed by atoms with van der Waals surface area (Å²) in [5.41, 5.74) is 1.83. The summed E-state index contributed by atoms with van der Waals surface area (Å²) in [5, 5.41) is 5.61. The molecule has 2 aromatic carbocycles. The predicted octanol–water partition coefficient (Wildman–Crippen LogP) is 2.98. The zero-order valence-corrected chi connectivity index (χ0v) is 19.8. The van der Waals surface area contributed by atoms with Crippen LogP contribution in [0.4, 0.5) is 5.69 Å². The van der Waals surface area contributed by atoms with Crippen molar-refractivity contribution >= 4 is 29.3 Å². The molecule has 9 heteroatoms. The smallest absolute Gasteiger partial charge is 0.295 e. The minimum absolute atomic E-state index is 0.0626. The minimum atomic E-state index is -0.318. The first kappa shape index (κ1) is 24.3. The van der Waals surface area contributed by atoms with E-state index < -0.39 is 0 Å². The lowest BCUT2D eigenvalue weighted by molar-refractivity contribution is -0.113.